The number of hydrogen-bond donors (Lipinski definition) is 0. The van der Waals surface area contributed by atoms with Crippen LogP contribution in [0.3, 0.4) is 0 Å². The van der Waals surface area contributed by atoms with Gasteiger partial charge in [0.1, 0.15) is 5.65 Å². The molecule has 0 fully saturated rings. The van der Waals surface area contributed by atoms with Crippen LogP contribution in [0.5, 0.6) is 0 Å². The van der Waals surface area contributed by atoms with Crippen molar-refractivity contribution in [1.82, 2.24) is 9.55 Å². The van der Waals surface area contributed by atoms with Crippen molar-refractivity contribution in [2.24, 2.45) is 7.05 Å². The lowest BCUT2D eigenvalue weighted by molar-refractivity contribution is 0.989. The molecular weight excluding hydrogens is 184 g/mol. The highest BCUT2D eigenvalue weighted by Gasteiger charge is 2.09. The Kier molecular flexibility index (Phi) is 1.60. The molecule has 0 saturated heterocycles. The second-order valence-electron chi connectivity index (χ2n) is 3.90. The van der Waals surface area contributed by atoms with E-state index in [1.165, 1.54) is 21.9 Å². The van der Waals surface area contributed by atoms with Crippen molar-refractivity contribution in [3.05, 3.63) is 42.1 Å². The van der Waals surface area contributed by atoms with Crippen molar-refractivity contribution in [1.29, 1.82) is 0 Å². The SMILES string of the molecule is Cc1ccnc2c1c1ccccc1n2C. The molecule has 2 heterocycles. The number of pyridine rings is 1. The number of aromatic nitrogens is 2. The van der Waals surface area contributed by atoms with Crippen molar-refractivity contribution < 1.29 is 0 Å². The molecule has 2 aromatic heterocycles. The van der Waals surface area contributed by atoms with Crippen LogP contribution < -0.4 is 0 Å². The van der Waals surface area contributed by atoms with Gasteiger partial charge in [-0.3, -0.25) is 0 Å². The van der Waals surface area contributed by atoms with Gasteiger partial charge in [-0.05, 0) is 24.6 Å². The molecule has 0 amide bonds. The third-order valence-corrected chi connectivity index (χ3v) is 2.99. The summed E-state index contributed by atoms with van der Waals surface area (Å²) in [6.07, 6.45) is 1.87. The van der Waals surface area contributed by atoms with E-state index in [9.17, 15) is 0 Å². The largest absolute Gasteiger partial charge is 0.328 e. The molecule has 74 valence electrons. The lowest BCUT2D eigenvalue weighted by Crippen LogP contribution is -1.88. The maximum atomic E-state index is 4.44. The molecular formula is C13H12N2. The molecule has 0 N–H and O–H groups in total. The second-order valence-corrected chi connectivity index (χ2v) is 3.90. The molecule has 0 aliphatic carbocycles. The van der Waals surface area contributed by atoms with Crippen LogP contribution >= 0.6 is 0 Å². The van der Waals surface area contributed by atoms with Gasteiger partial charge in [-0.15, -0.1) is 0 Å². The highest BCUT2D eigenvalue weighted by atomic mass is 15.0. The zero-order valence-corrected chi connectivity index (χ0v) is 8.86. The maximum absolute atomic E-state index is 4.44. The fourth-order valence-corrected chi connectivity index (χ4v) is 2.22. The van der Waals surface area contributed by atoms with Crippen molar-refractivity contribution >= 4 is 21.9 Å². The van der Waals surface area contributed by atoms with E-state index in [0.717, 1.165) is 5.65 Å². The number of nitrogens with zero attached hydrogens (tertiary/aromatic N) is 2. The van der Waals surface area contributed by atoms with Gasteiger partial charge >= 0.3 is 0 Å². The summed E-state index contributed by atoms with van der Waals surface area (Å²) in [5, 5.41) is 2.57. The number of benzene rings is 1. The molecule has 1 aromatic carbocycles. The molecule has 0 radical (unpaired) electrons. The quantitative estimate of drug-likeness (QED) is 0.540. The maximum Gasteiger partial charge on any atom is 0.140 e. The summed E-state index contributed by atoms with van der Waals surface area (Å²) < 4.78 is 2.15. The van der Waals surface area contributed by atoms with Crippen molar-refractivity contribution in [2.45, 2.75) is 6.92 Å². The summed E-state index contributed by atoms with van der Waals surface area (Å²) in [6.45, 7) is 2.14. The Balaban J connectivity index is 2.70. The Morgan fingerprint density at radius 3 is 2.80 bits per heavy atom. The van der Waals surface area contributed by atoms with Crippen LogP contribution in [0.15, 0.2) is 36.5 Å². The number of para-hydroxylation sites is 1. The summed E-state index contributed by atoms with van der Waals surface area (Å²) in [7, 11) is 2.07. The minimum atomic E-state index is 1.07. The molecule has 0 aliphatic rings. The Labute approximate surface area is 88.2 Å². The van der Waals surface area contributed by atoms with Crippen molar-refractivity contribution in [3.8, 4) is 0 Å². The summed E-state index contributed by atoms with van der Waals surface area (Å²) in [5.41, 5.74) is 3.60. The Morgan fingerprint density at radius 1 is 1.13 bits per heavy atom. The van der Waals surface area contributed by atoms with Crippen LogP contribution in [0.25, 0.3) is 21.9 Å². The molecule has 3 rings (SSSR count). The third-order valence-electron chi connectivity index (χ3n) is 2.99. The highest BCUT2D eigenvalue weighted by molar-refractivity contribution is 6.08. The molecule has 15 heavy (non-hydrogen) atoms. The topological polar surface area (TPSA) is 17.8 Å². The van der Waals surface area contributed by atoms with E-state index in [0.29, 0.717) is 0 Å². The molecule has 2 nitrogen and oxygen atoms in total. The van der Waals surface area contributed by atoms with Gasteiger partial charge in [-0.1, -0.05) is 18.2 Å². The zero-order chi connectivity index (χ0) is 10.4. The summed E-state index contributed by atoms with van der Waals surface area (Å²) in [5.74, 6) is 0. The van der Waals surface area contributed by atoms with E-state index in [2.05, 4.69) is 53.9 Å². The molecule has 0 unspecified atom stereocenters. The molecule has 0 atom stereocenters. The van der Waals surface area contributed by atoms with Crippen LogP contribution in [0, 0.1) is 6.92 Å². The monoisotopic (exact) mass is 196 g/mol. The standard InChI is InChI=1S/C13H12N2/c1-9-7-8-14-13-12(9)10-5-3-4-6-11(10)15(13)2/h3-8H,1-2H3. The first kappa shape index (κ1) is 8.48. The molecule has 3 aromatic rings. The predicted octanol–water partition coefficient (Wildman–Crippen LogP) is 3.03. The minimum Gasteiger partial charge on any atom is -0.328 e. The summed E-state index contributed by atoms with van der Waals surface area (Å²) >= 11 is 0. The summed E-state index contributed by atoms with van der Waals surface area (Å²) in [6, 6.07) is 10.5. The zero-order valence-electron chi connectivity index (χ0n) is 8.86. The normalized spacial score (nSPS) is 11.3. The smallest absolute Gasteiger partial charge is 0.140 e. The molecule has 0 aliphatic heterocycles. The van der Waals surface area contributed by atoms with Gasteiger partial charge in [-0.25, -0.2) is 4.98 Å². The fourth-order valence-electron chi connectivity index (χ4n) is 2.22. The molecule has 0 saturated carbocycles. The van der Waals surface area contributed by atoms with E-state index >= 15 is 0 Å². The number of rotatable bonds is 0. The van der Waals surface area contributed by atoms with E-state index in [1.54, 1.807) is 0 Å². The van der Waals surface area contributed by atoms with Gasteiger partial charge in [0, 0.05) is 24.0 Å². The molecule has 2 heteroatoms. The van der Waals surface area contributed by atoms with Crippen LogP contribution in [-0.2, 0) is 7.05 Å². The van der Waals surface area contributed by atoms with Gasteiger partial charge in [0.05, 0.1) is 5.52 Å². The van der Waals surface area contributed by atoms with E-state index < -0.39 is 0 Å². The highest BCUT2D eigenvalue weighted by Crippen LogP contribution is 2.28. The minimum absolute atomic E-state index is 1.07. The van der Waals surface area contributed by atoms with Gasteiger partial charge in [0.25, 0.3) is 0 Å². The van der Waals surface area contributed by atoms with E-state index in [-0.39, 0.29) is 0 Å². The van der Waals surface area contributed by atoms with Gasteiger partial charge < -0.3 is 4.57 Å². The first-order valence-corrected chi connectivity index (χ1v) is 5.08. The number of fused-ring (bicyclic) bond motifs is 3. The van der Waals surface area contributed by atoms with Crippen LogP contribution in [0.2, 0.25) is 0 Å². The third kappa shape index (κ3) is 1.02. The Hall–Kier alpha value is -1.83. The predicted molar refractivity (Wildman–Crippen MR) is 63.0 cm³/mol. The lowest BCUT2D eigenvalue weighted by atomic mass is 10.1. The van der Waals surface area contributed by atoms with Crippen LogP contribution in [0.4, 0.5) is 0 Å². The molecule has 0 bridgehead atoms. The Bertz CT molecular complexity index is 650. The fraction of sp³-hybridized carbons (Fsp3) is 0.154. The van der Waals surface area contributed by atoms with E-state index in [4.69, 9.17) is 0 Å². The van der Waals surface area contributed by atoms with Gasteiger partial charge in [-0.2, -0.15) is 0 Å². The van der Waals surface area contributed by atoms with Gasteiger partial charge in [0.15, 0.2) is 0 Å². The average Bonchev–Trinajstić information content (AvgIpc) is 2.55. The first-order valence-electron chi connectivity index (χ1n) is 5.08. The number of hydrogen-bond acceptors (Lipinski definition) is 1. The first-order chi connectivity index (χ1) is 7.29. The number of aryl methyl sites for hydroxylation is 2. The second kappa shape index (κ2) is 2.83. The van der Waals surface area contributed by atoms with Gasteiger partial charge in [0.2, 0.25) is 0 Å². The van der Waals surface area contributed by atoms with Crippen molar-refractivity contribution in [2.75, 3.05) is 0 Å². The average molecular weight is 196 g/mol. The Morgan fingerprint density at radius 2 is 1.93 bits per heavy atom. The van der Waals surface area contributed by atoms with E-state index in [1.807, 2.05) is 6.20 Å². The lowest BCUT2D eigenvalue weighted by Gasteiger charge is -1.96. The van der Waals surface area contributed by atoms with Crippen LogP contribution in [0.1, 0.15) is 5.56 Å². The van der Waals surface area contributed by atoms with Crippen molar-refractivity contribution in [3.63, 3.8) is 0 Å². The van der Waals surface area contributed by atoms with Crippen LogP contribution in [-0.4, -0.2) is 9.55 Å². The molecule has 0 spiro atoms. The summed E-state index contributed by atoms with van der Waals surface area (Å²) in [4.78, 5) is 4.44.